The van der Waals surface area contributed by atoms with E-state index in [0.717, 1.165) is 0 Å². The van der Waals surface area contributed by atoms with Crippen molar-refractivity contribution < 1.29 is 15.2 Å². The largest absolute Gasteiger partial charge is 0.411 e. The van der Waals surface area contributed by atoms with Crippen LogP contribution >= 0.6 is 0 Å². The maximum atomic E-state index is 11.5. The Morgan fingerprint density at radius 1 is 1.44 bits per heavy atom. The van der Waals surface area contributed by atoms with E-state index < -0.39 is 0 Å². The summed E-state index contributed by atoms with van der Waals surface area (Å²) in [4.78, 5) is 14.3. The van der Waals surface area contributed by atoms with Gasteiger partial charge in [-0.05, 0) is 25.0 Å². The lowest BCUT2D eigenvalue weighted by atomic mass is 10.2. The van der Waals surface area contributed by atoms with E-state index >= 15 is 0 Å². The number of H-pyrrole nitrogens is 1. The third-order valence-corrected chi connectivity index (χ3v) is 2.24. The van der Waals surface area contributed by atoms with Gasteiger partial charge < -0.3 is 26.4 Å². The van der Waals surface area contributed by atoms with Gasteiger partial charge in [-0.3, -0.25) is 4.79 Å². The second-order valence-corrected chi connectivity index (χ2v) is 3.48. The molecule has 98 valence electrons. The standard InChI is InChI=1S/C10H15N5O3/c11-9(15-18)7(14-17)3-1-6-13-10(16)8-4-2-5-12-8/h2,4-5,12,17-18H,1,3,6H2,(H2,11,15)(H,13,16)/b14-7+. The van der Waals surface area contributed by atoms with Crippen LogP contribution in [0.15, 0.2) is 28.6 Å². The third kappa shape index (κ3) is 3.81. The minimum absolute atomic E-state index is 0.0756. The molecule has 1 aromatic heterocycles. The summed E-state index contributed by atoms with van der Waals surface area (Å²) in [6.45, 7) is 0.385. The quantitative estimate of drug-likeness (QED) is 0.161. The first kappa shape index (κ1) is 13.6. The van der Waals surface area contributed by atoms with Crippen molar-refractivity contribution in [2.45, 2.75) is 12.8 Å². The van der Waals surface area contributed by atoms with Gasteiger partial charge >= 0.3 is 0 Å². The van der Waals surface area contributed by atoms with Gasteiger partial charge in [-0.25, -0.2) is 0 Å². The number of amides is 1. The Balaban J connectivity index is 2.29. The lowest BCUT2D eigenvalue weighted by molar-refractivity contribution is 0.0949. The fraction of sp³-hybridized carbons (Fsp3) is 0.300. The first-order valence-corrected chi connectivity index (χ1v) is 5.29. The summed E-state index contributed by atoms with van der Waals surface area (Å²) in [7, 11) is 0. The maximum absolute atomic E-state index is 11.5. The number of hydrogen-bond acceptors (Lipinski definition) is 5. The molecule has 1 heterocycles. The van der Waals surface area contributed by atoms with Gasteiger partial charge in [-0.15, -0.1) is 0 Å². The number of nitrogens with zero attached hydrogens (tertiary/aromatic N) is 2. The van der Waals surface area contributed by atoms with Crippen molar-refractivity contribution >= 4 is 17.5 Å². The van der Waals surface area contributed by atoms with Crippen LogP contribution in [0.1, 0.15) is 23.3 Å². The van der Waals surface area contributed by atoms with Gasteiger partial charge in [0.15, 0.2) is 5.84 Å². The molecule has 18 heavy (non-hydrogen) atoms. The molecule has 0 atom stereocenters. The van der Waals surface area contributed by atoms with Crippen molar-refractivity contribution in [3.05, 3.63) is 24.0 Å². The minimum Gasteiger partial charge on any atom is -0.411 e. The van der Waals surface area contributed by atoms with E-state index in [-0.39, 0.29) is 23.9 Å². The Labute approximate surface area is 103 Å². The topological polar surface area (TPSA) is 136 Å². The smallest absolute Gasteiger partial charge is 0.267 e. The van der Waals surface area contributed by atoms with Crippen molar-refractivity contribution in [2.75, 3.05) is 6.54 Å². The molecule has 0 aliphatic rings. The number of nitrogens with one attached hydrogen (secondary N) is 2. The van der Waals surface area contributed by atoms with E-state index in [2.05, 4.69) is 20.6 Å². The molecule has 0 fully saturated rings. The SMILES string of the molecule is NC(=N\O)/C(CCCNC(=O)c1ccc[nH]1)=N/O. The van der Waals surface area contributed by atoms with Crippen molar-refractivity contribution in [1.82, 2.24) is 10.3 Å². The van der Waals surface area contributed by atoms with Crippen LogP contribution in [0.4, 0.5) is 0 Å². The van der Waals surface area contributed by atoms with Crippen molar-refractivity contribution in [3.63, 3.8) is 0 Å². The zero-order valence-electron chi connectivity index (χ0n) is 9.63. The maximum Gasteiger partial charge on any atom is 0.267 e. The summed E-state index contributed by atoms with van der Waals surface area (Å²) < 4.78 is 0. The van der Waals surface area contributed by atoms with Crippen LogP contribution in [0.25, 0.3) is 0 Å². The number of amidine groups is 1. The van der Waals surface area contributed by atoms with Gasteiger partial charge in [0.05, 0.1) is 0 Å². The van der Waals surface area contributed by atoms with Crippen LogP contribution in [-0.2, 0) is 0 Å². The van der Waals surface area contributed by atoms with Crippen molar-refractivity contribution in [3.8, 4) is 0 Å². The highest BCUT2D eigenvalue weighted by Gasteiger charge is 2.08. The summed E-state index contributed by atoms with van der Waals surface area (Å²) in [6, 6.07) is 3.39. The summed E-state index contributed by atoms with van der Waals surface area (Å²) in [5.74, 6) is -0.459. The molecule has 0 radical (unpaired) electrons. The summed E-state index contributed by atoms with van der Waals surface area (Å²) in [6.07, 6.45) is 2.45. The molecule has 0 aliphatic carbocycles. The van der Waals surface area contributed by atoms with E-state index in [4.69, 9.17) is 16.1 Å². The molecule has 1 amide bonds. The fourth-order valence-electron chi connectivity index (χ4n) is 1.31. The van der Waals surface area contributed by atoms with Crippen LogP contribution in [0, 0.1) is 0 Å². The van der Waals surface area contributed by atoms with Gasteiger partial charge in [0.25, 0.3) is 5.91 Å². The molecular formula is C10H15N5O3. The van der Waals surface area contributed by atoms with Gasteiger partial charge in [0.1, 0.15) is 11.4 Å². The molecule has 0 bridgehead atoms. The van der Waals surface area contributed by atoms with Gasteiger partial charge in [0, 0.05) is 12.7 Å². The summed E-state index contributed by atoms with van der Waals surface area (Å²) in [5, 5.41) is 25.3. The average molecular weight is 253 g/mol. The fourth-order valence-corrected chi connectivity index (χ4v) is 1.31. The zero-order valence-corrected chi connectivity index (χ0v) is 9.63. The molecule has 6 N–H and O–H groups in total. The summed E-state index contributed by atoms with van der Waals surface area (Å²) >= 11 is 0. The highest BCUT2D eigenvalue weighted by molar-refractivity contribution is 6.40. The van der Waals surface area contributed by atoms with E-state index in [1.165, 1.54) is 0 Å². The van der Waals surface area contributed by atoms with Gasteiger partial charge in [-0.2, -0.15) is 0 Å². The first-order valence-electron chi connectivity index (χ1n) is 5.29. The molecule has 0 aliphatic heterocycles. The first-order chi connectivity index (χ1) is 8.69. The normalized spacial score (nSPS) is 12.4. The lowest BCUT2D eigenvalue weighted by Gasteiger charge is -2.04. The second-order valence-electron chi connectivity index (χ2n) is 3.48. The molecule has 0 saturated carbocycles. The minimum atomic E-state index is -0.242. The molecule has 8 heteroatoms. The summed E-state index contributed by atoms with van der Waals surface area (Å²) in [5.41, 5.74) is 5.81. The molecule has 8 nitrogen and oxygen atoms in total. The van der Waals surface area contributed by atoms with Crippen LogP contribution in [-0.4, -0.2) is 39.4 Å². The van der Waals surface area contributed by atoms with Crippen LogP contribution < -0.4 is 11.1 Å². The highest BCUT2D eigenvalue weighted by atomic mass is 16.4. The molecule has 1 rings (SSSR count). The lowest BCUT2D eigenvalue weighted by Crippen LogP contribution is -2.28. The molecule has 0 aromatic carbocycles. The Morgan fingerprint density at radius 3 is 2.78 bits per heavy atom. The van der Waals surface area contributed by atoms with Gasteiger partial charge in [-0.1, -0.05) is 10.3 Å². The van der Waals surface area contributed by atoms with Crippen LogP contribution in [0.5, 0.6) is 0 Å². The van der Waals surface area contributed by atoms with E-state index in [1.54, 1.807) is 18.3 Å². The molecule has 0 spiro atoms. The number of carbonyl (C=O) groups excluding carboxylic acids is 1. The Morgan fingerprint density at radius 2 is 2.22 bits per heavy atom. The number of carbonyl (C=O) groups is 1. The predicted octanol–water partition coefficient (Wildman–Crippen LogP) is 0.101. The molecule has 0 unspecified atom stereocenters. The second kappa shape index (κ2) is 6.94. The third-order valence-electron chi connectivity index (χ3n) is 2.24. The van der Waals surface area contributed by atoms with Crippen LogP contribution in [0.3, 0.4) is 0 Å². The zero-order chi connectivity index (χ0) is 13.4. The molecular weight excluding hydrogens is 238 g/mol. The number of aromatic nitrogens is 1. The molecule has 0 saturated heterocycles. The monoisotopic (exact) mass is 253 g/mol. The van der Waals surface area contributed by atoms with Crippen LogP contribution in [0.2, 0.25) is 0 Å². The Kier molecular flexibility index (Phi) is 5.23. The predicted molar refractivity (Wildman–Crippen MR) is 65.0 cm³/mol. The Bertz CT molecular complexity index is 438. The number of aromatic amines is 1. The highest BCUT2D eigenvalue weighted by Crippen LogP contribution is 1.96. The molecule has 1 aromatic rings. The number of oxime groups is 2. The van der Waals surface area contributed by atoms with Gasteiger partial charge in [0.2, 0.25) is 0 Å². The van der Waals surface area contributed by atoms with Crippen molar-refractivity contribution in [2.24, 2.45) is 16.0 Å². The number of rotatable bonds is 6. The number of hydrogen-bond donors (Lipinski definition) is 5. The van der Waals surface area contributed by atoms with Crippen molar-refractivity contribution in [1.29, 1.82) is 0 Å². The average Bonchev–Trinajstić information content (AvgIpc) is 2.91. The van der Waals surface area contributed by atoms with E-state index in [9.17, 15) is 4.79 Å². The number of nitrogens with two attached hydrogens (primary N) is 1. The van der Waals surface area contributed by atoms with E-state index in [1.807, 2.05) is 0 Å². The Hall–Kier alpha value is -2.51. The van der Waals surface area contributed by atoms with E-state index in [0.29, 0.717) is 18.7 Å².